The predicted octanol–water partition coefficient (Wildman–Crippen LogP) is 5.41. The topological polar surface area (TPSA) is 69.6 Å². The van der Waals surface area contributed by atoms with Gasteiger partial charge in [-0.05, 0) is 42.1 Å². The third kappa shape index (κ3) is 5.71. The highest BCUT2D eigenvalue weighted by atomic mass is 35.5. The lowest BCUT2D eigenvalue weighted by Gasteiger charge is -2.37. The van der Waals surface area contributed by atoms with Gasteiger partial charge in [0.05, 0.1) is 21.6 Å². The summed E-state index contributed by atoms with van der Waals surface area (Å²) >= 11 is 7.68. The Labute approximate surface area is 231 Å². The first kappa shape index (κ1) is 25.9. The molecule has 5 rings (SSSR count). The van der Waals surface area contributed by atoms with Crippen LogP contribution in [0, 0.1) is 0 Å². The van der Waals surface area contributed by atoms with Crippen LogP contribution in [0.15, 0.2) is 84.2 Å². The Morgan fingerprint density at radius 1 is 0.921 bits per heavy atom. The molecule has 0 radical (unpaired) electrons. The molecule has 1 atom stereocenters. The number of halogens is 1. The maximum absolute atomic E-state index is 13.4. The van der Waals surface area contributed by atoms with Crippen LogP contribution in [-0.4, -0.2) is 64.5 Å². The van der Waals surface area contributed by atoms with Gasteiger partial charge in [0.25, 0.3) is 5.91 Å². The summed E-state index contributed by atoms with van der Waals surface area (Å²) in [5, 5.41) is 11.3. The van der Waals surface area contributed by atoms with Crippen molar-refractivity contribution in [2.45, 2.75) is 13.0 Å². The van der Waals surface area contributed by atoms with Crippen molar-refractivity contribution in [1.82, 2.24) is 20.0 Å². The number of hydrogen-bond acceptors (Lipinski definition) is 6. The quantitative estimate of drug-likeness (QED) is 0.310. The first-order valence-corrected chi connectivity index (χ1v) is 13.8. The van der Waals surface area contributed by atoms with E-state index in [1.807, 2.05) is 90.0 Å². The summed E-state index contributed by atoms with van der Waals surface area (Å²) in [5.74, 6) is 0.579. The van der Waals surface area contributed by atoms with E-state index in [0.717, 1.165) is 22.6 Å². The highest BCUT2D eigenvalue weighted by molar-refractivity contribution is 7.12. The van der Waals surface area contributed by atoms with E-state index in [9.17, 15) is 9.59 Å². The average molecular weight is 546 g/mol. The number of anilines is 1. The summed E-state index contributed by atoms with van der Waals surface area (Å²) in [5.41, 5.74) is 2.56. The Balaban J connectivity index is 1.23. The molecular weight excluding hydrogens is 518 g/mol. The molecule has 7 nitrogen and oxygen atoms in total. The number of aromatic nitrogens is 2. The minimum atomic E-state index is -0.233. The summed E-state index contributed by atoms with van der Waals surface area (Å²) in [6.45, 7) is 4.37. The molecule has 4 aromatic rings. The maximum atomic E-state index is 13.4. The van der Waals surface area contributed by atoms with E-state index in [4.69, 9.17) is 11.6 Å². The molecule has 0 unspecified atom stereocenters. The van der Waals surface area contributed by atoms with E-state index < -0.39 is 0 Å². The van der Waals surface area contributed by atoms with Gasteiger partial charge < -0.3 is 14.7 Å². The van der Waals surface area contributed by atoms with Gasteiger partial charge in [-0.15, -0.1) is 21.5 Å². The third-order valence-corrected chi connectivity index (χ3v) is 7.99. The van der Waals surface area contributed by atoms with Crippen molar-refractivity contribution in [3.05, 3.63) is 99.7 Å². The average Bonchev–Trinajstić information content (AvgIpc) is 3.51. The molecule has 38 heavy (non-hydrogen) atoms. The molecule has 0 bridgehead atoms. The largest absolute Gasteiger partial charge is 0.352 e. The van der Waals surface area contributed by atoms with E-state index in [1.54, 1.807) is 11.0 Å². The fourth-order valence-electron chi connectivity index (χ4n) is 4.58. The first-order valence-electron chi connectivity index (χ1n) is 12.5. The molecule has 1 aliphatic rings. The lowest BCUT2D eigenvalue weighted by atomic mass is 10.1. The number of hydrogen-bond donors (Lipinski definition) is 0. The standard InChI is InChI=1S/C29H28ClN5O2S/c1-21(22-8-3-2-4-9-22)35(29(37)26-12-7-19-38-26)20-28(36)34-17-15-33(16-18-34)27-14-13-25(31-32-27)23-10-5-6-11-24(23)30/h2-14,19,21H,15-18,20H2,1H3/t21-/m0/s1. The molecule has 0 N–H and O–H groups in total. The number of carbonyl (C=O) groups excluding carboxylic acids is 2. The van der Waals surface area contributed by atoms with Crippen LogP contribution in [0.25, 0.3) is 11.3 Å². The zero-order valence-electron chi connectivity index (χ0n) is 21.0. The van der Waals surface area contributed by atoms with Crippen LogP contribution in [0.2, 0.25) is 5.02 Å². The van der Waals surface area contributed by atoms with Gasteiger partial charge in [0.2, 0.25) is 5.91 Å². The summed E-state index contributed by atoms with van der Waals surface area (Å²) in [6, 6.07) is 24.6. The van der Waals surface area contributed by atoms with Crippen LogP contribution in [0.1, 0.15) is 28.2 Å². The van der Waals surface area contributed by atoms with E-state index >= 15 is 0 Å². The molecule has 1 aliphatic heterocycles. The fourth-order valence-corrected chi connectivity index (χ4v) is 5.49. The van der Waals surface area contributed by atoms with Crippen LogP contribution >= 0.6 is 22.9 Å². The van der Waals surface area contributed by atoms with Crippen LogP contribution in [0.5, 0.6) is 0 Å². The number of amides is 2. The highest BCUT2D eigenvalue weighted by Crippen LogP contribution is 2.27. The number of benzene rings is 2. The normalized spacial score (nSPS) is 14.3. The zero-order chi connectivity index (χ0) is 26.5. The molecule has 2 aromatic carbocycles. The van der Waals surface area contributed by atoms with Gasteiger partial charge in [0, 0.05) is 31.7 Å². The van der Waals surface area contributed by atoms with Gasteiger partial charge in [-0.1, -0.05) is 66.2 Å². The predicted molar refractivity (Wildman–Crippen MR) is 151 cm³/mol. The summed E-state index contributed by atoms with van der Waals surface area (Å²) < 4.78 is 0. The van der Waals surface area contributed by atoms with Crippen molar-refractivity contribution in [1.29, 1.82) is 0 Å². The Bertz CT molecular complexity index is 1370. The van der Waals surface area contributed by atoms with Crippen LogP contribution < -0.4 is 4.90 Å². The number of thiophene rings is 1. The second kappa shape index (κ2) is 11.8. The minimum Gasteiger partial charge on any atom is -0.352 e. The molecule has 0 aliphatic carbocycles. The Hall–Kier alpha value is -3.75. The zero-order valence-corrected chi connectivity index (χ0v) is 22.6. The van der Waals surface area contributed by atoms with Crippen LogP contribution in [0.4, 0.5) is 5.82 Å². The number of rotatable bonds is 7. The van der Waals surface area contributed by atoms with Crippen LogP contribution in [0.3, 0.4) is 0 Å². The molecule has 194 valence electrons. The first-order chi connectivity index (χ1) is 18.5. The van der Waals surface area contributed by atoms with Gasteiger partial charge >= 0.3 is 0 Å². The second-order valence-corrected chi connectivity index (χ2v) is 10.5. The molecule has 2 amide bonds. The molecular formula is C29H28ClN5O2S. The van der Waals surface area contributed by atoms with Crippen LogP contribution in [-0.2, 0) is 4.79 Å². The van der Waals surface area contributed by atoms with Gasteiger partial charge in [0.1, 0.15) is 6.54 Å². The molecule has 9 heteroatoms. The molecule has 1 fully saturated rings. The van der Waals surface area contributed by atoms with E-state index in [2.05, 4.69) is 15.1 Å². The van der Waals surface area contributed by atoms with Gasteiger partial charge in [-0.2, -0.15) is 0 Å². The van der Waals surface area contributed by atoms with Crippen molar-refractivity contribution >= 4 is 40.6 Å². The van der Waals surface area contributed by atoms with Crippen molar-refractivity contribution in [3.8, 4) is 11.3 Å². The van der Waals surface area contributed by atoms with Crippen molar-refractivity contribution in [3.63, 3.8) is 0 Å². The monoisotopic (exact) mass is 545 g/mol. The number of piperazine rings is 1. The van der Waals surface area contributed by atoms with Gasteiger partial charge in [-0.3, -0.25) is 9.59 Å². The van der Waals surface area contributed by atoms with Gasteiger partial charge in [0.15, 0.2) is 5.82 Å². The number of carbonyl (C=O) groups is 2. The molecule has 0 saturated carbocycles. The minimum absolute atomic E-state index is 0.0269. The smallest absolute Gasteiger partial charge is 0.264 e. The second-order valence-electron chi connectivity index (χ2n) is 9.12. The maximum Gasteiger partial charge on any atom is 0.264 e. The lowest BCUT2D eigenvalue weighted by Crippen LogP contribution is -2.52. The SMILES string of the molecule is C[C@@H](c1ccccc1)N(CC(=O)N1CCN(c2ccc(-c3ccccc3Cl)nn2)CC1)C(=O)c1cccs1. The molecule has 0 spiro atoms. The van der Waals surface area contributed by atoms with Gasteiger partial charge in [-0.25, -0.2) is 0 Å². The highest BCUT2D eigenvalue weighted by Gasteiger charge is 2.29. The Kier molecular flexibility index (Phi) is 8.00. The van der Waals surface area contributed by atoms with E-state index in [0.29, 0.717) is 36.1 Å². The summed E-state index contributed by atoms with van der Waals surface area (Å²) in [4.78, 5) is 33.0. The fraction of sp³-hybridized carbons (Fsp3) is 0.241. The molecule has 2 aromatic heterocycles. The third-order valence-electron chi connectivity index (χ3n) is 6.80. The Morgan fingerprint density at radius 2 is 1.66 bits per heavy atom. The Morgan fingerprint density at radius 3 is 2.32 bits per heavy atom. The van der Waals surface area contributed by atoms with E-state index in [1.165, 1.54) is 11.3 Å². The molecule has 3 heterocycles. The summed E-state index contributed by atoms with van der Waals surface area (Å²) in [6.07, 6.45) is 0. The van der Waals surface area contributed by atoms with E-state index in [-0.39, 0.29) is 24.4 Å². The number of nitrogens with zero attached hydrogens (tertiary/aromatic N) is 5. The molecule has 1 saturated heterocycles. The van der Waals surface area contributed by atoms with Crippen molar-refractivity contribution < 1.29 is 9.59 Å². The van der Waals surface area contributed by atoms with Crippen molar-refractivity contribution in [2.24, 2.45) is 0 Å². The van der Waals surface area contributed by atoms with Crippen molar-refractivity contribution in [2.75, 3.05) is 37.6 Å². The summed E-state index contributed by atoms with van der Waals surface area (Å²) in [7, 11) is 0. The lowest BCUT2D eigenvalue weighted by molar-refractivity contribution is -0.132.